The predicted molar refractivity (Wildman–Crippen MR) is 403 cm³/mol. The van der Waals surface area contributed by atoms with Crippen LogP contribution in [-0.4, -0.2) is 443 Å². The molecule has 16 unspecified atom stereocenters. The molecule has 30 heterocycles. The van der Waals surface area contributed by atoms with E-state index in [1.54, 1.807) is 0 Å². The Balaban J connectivity index is 0.00000961. The Kier molecular flexibility index (Phi) is 67.7. The van der Waals surface area contributed by atoms with E-state index in [9.17, 15) is 121 Å². The summed E-state index contributed by atoms with van der Waals surface area (Å²) < 4.78 is 100. The zero-order chi connectivity index (χ0) is 84.5. The monoisotopic (exact) mass is 2000 g/mol. The van der Waals surface area contributed by atoms with Crippen molar-refractivity contribution in [1.29, 1.82) is 0 Å². The van der Waals surface area contributed by atoms with Crippen molar-refractivity contribution in [2.75, 3.05) is 92.0 Å². The molecule has 30 saturated heterocycles. The maximum Gasteiger partial charge on any atom is 1.00 e. The van der Waals surface area contributed by atoms with Gasteiger partial charge in [0.2, 0.25) is 0 Å². The van der Waals surface area contributed by atoms with E-state index in [0.717, 1.165) is 94.1 Å². The van der Waals surface area contributed by atoms with Gasteiger partial charge in [-0.25, -0.2) is 0 Å². The van der Waals surface area contributed by atoms with E-state index < -0.39 is 295 Å². The number of thioether (sulfide) groups is 8. The molecule has 0 aromatic rings. The normalized spacial score (nSPS) is 41.8. The van der Waals surface area contributed by atoms with Gasteiger partial charge in [-0.2, -0.15) is 94.1 Å². The van der Waals surface area contributed by atoms with Crippen LogP contribution >= 0.6 is 94.1 Å². The molecule has 40 nitrogen and oxygen atoms in total. The van der Waals surface area contributed by atoms with Crippen molar-refractivity contribution in [2.45, 2.75) is 271 Å². The summed E-state index contributed by atoms with van der Waals surface area (Å²) in [5.74, 6) is -7.50. The number of ether oxygens (including phenoxy) is 16. The van der Waals surface area contributed by atoms with Crippen LogP contribution in [0.1, 0.15) is 25.7 Å². The van der Waals surface area contributed by atoms with E-state index in [0.29, 0.717) is 0 Å². The van der Waals surface area contributed by atoms with Crippen LogP contribution in [0.3, 0.4) is 0 Å². The molecule has 0 aromatic carbocycles. The molecule has 30 fully saturated rings. The van der Waals surface area contributed by atoms with Crippen LogP contribution < -0.4 is 257 Å². The molecule has 40 atom stereocenters. The summed E-state index contributed by atoms with van der Waals surface area (Å²) in [6.45, 7) is 15.4. The first-order chi connectivity index (χ1) is 55.3. The van der Waals surface area contributed by atoms with Gasteiger partial charge in [0.25, 0.3) is 0 Å². The van der Waals surface area contributed by atoms with Gasteiger partial charge >= 0.3 is 236 Å². The number of hydrogen-bond donors (Lipinski definition) is 16. The first kappa shape index (κ1) is 129. The van der Waals surface area contributed by atoms with Crippen molar-refractivity contribution in [2.24, 2.45) is 0 Å². The average molecular weight is 2000 g/mol. The van der Waals surface area contributed by atoms with E-state index in [-0.39, 0.29) is 329 Å². The summed E-state index contributed by atoms with van der Waals surface area (Å²) >= 11 is 8.17. The van der Waals surface area contributed by atoms with Crippen molar-refractivity contribution in [1.82, 2.24) is 0 Å². The van der Waals surface area contributed by atoms with Crippen molar-refractivity contribution >= 4 is 118 Å². The third kappa shape index (κ3) is 36.0. The van der Waals surface area contributed by atoms with Gasteiger partial charge in [0, 0.05) is 69.9 Å². The Morgan fingerprint density at radius 3 is 0.419 bits per heavy atom. The van der Waals surface area contributed by atoms with Crippen molar-refractivity contribution in [3.8, 4) is 0 Å². The Bertz CT molecular complexity index is 2960. The summed E-state index contributed by atoms with van der Waals surface area (Å²) in [6, 6.07) is 0. The number of carboxylic acid groups (broad SMARTS) is 4. The van der Waals surface area contributed by atoms with Crippen LogP contribution in [0.15, 0.2) is 0 Å². The minimum Gasteiger partial charge on any atom is -0.550 e. The number of aliphatic carboxylic acids is 4. The van der Waals surface area contributed by atoms with Crippen molar-refractivity contribution in [3.05, 3.63) is 27.7 Å². The molecule has 30 aliphatic heterocycles. The topological polar surface area (TPSA) is 632 Å². The van der Waals surface area contributed by atoms with E-state index in [2.05, 4.69) is 27.7 Å². The summed E-state index contributed by atoms with van der Waals surface area (Å²) in [6.07, 6.45) is -78.2. The Morgan fingerprint density at radius 2 is 0.315 bits per heavy atom. The maximum atomic E-state index is 12.2. The maximum absolute atomic E-state index is 12.2. The Labute approximate surface area is 929 Å². The van der Waals surface area contributed by atoms with Gasteiger partial charge in [0.1, 0.15) is 146 Å². The third-order valence-electron chi connectivity index (χ3n) is 20.1. The summed E-state index contributed by atoms with van der Waals surface area (Å²) in [5.41, 5.74) is 0. The van der Waals surface area contributed by atoms with Crippen LogP contribution in [0.4, 0.5) is 0 Å². The van der Waals surface area contributed by atoms with Gasteiger partial charge in [-0.05, 0) is 48.7 Å². The molecule has 30 rings (SSSR count). The van der Waals surface area contributed by atoms with Crippen LogP contribution in [0.2, 0.25) is 0 Å². The number of aliphatic hydroxyl groups excluding tert-OH is 16. The van der Waals surface area contributed by atoms with E-state index in [1.165, 1.54) is 0 Å². The number of aliphatic hydroxyl groups is 16. The number of carboxylic acids is 4. The molecular formula is C68H104Na8O40S8. The second-order valence-corrected chi connectivity index (χ2v) is 37.3. The molecule has 0 aromatic heterocycles. The van der Waals surface area contributed by atoms with Crippen LogP contribution in [0, 0.1) is 27.7 Å². The SMILES string of the molecule is [CH2-]CSCC1O[C@@H]2O[C@@H]3C(CSCCC(=O)[O-])O[C@H](O[C@@H]4C(CSCCC(=O)[O-])O[C@H](O[C@@H]5C(CSCCC(=O)[O-])O[C@H](O[C@@H]6C(CSCCC(=O)[O-])O[C@H](O[C@@H]7C(CSC[CH2-])O[C@H](O[C@@H]8C(CSC[CH2-])O[C@@H](O[C@@H]9C(CSC[CH2-])O[C@H](O[C@H]1[C@H](O)C2O)C(O)[C@H]9O)C(O)[C@H]8O)C(O)[C@H]7O)[C@@H](O)C6O)C(O)[C@H]5O)C(O)[C@H]4O)C(O)[C@H]3O.[Na+].[Na+].[Na+].[Na+].[Na+].[Na+].[Na+].[Na+]. The molecule has 16 bridgehead atoms. The van der Waals surface area contributed by atoms with Crippen LogP contribution in [-0.2, 0) is 95.0 Å². The Hall–Kier alpha value is 7.40. The fraction of sp³-hybridized carbons (Fsp3) is 0.882. The van der Waals surface area contributed by atoms with Gasteiger partial charge in [-0.1, -0.05) is 0 Å². The van der Waals surface area contributed by atoms with Crippen molar-refractivity contribution < 1.29 is 434 Å². The molecule has 0 radical (unpaired) electrons. The fourth-order valence-corrected chi connectivity index (χ4v) is 20.6. The van der Waals surface area contributed by atoms with E-state index >= 15 is 0 Å². The standard InChI is InChI=1S/C68H108O40S8.8Na/c1-5-109-17-25-53-38(78)46(86)62(94-25)103-55-27(19-111-7-3)96-64(48(88)40(55)80)105-57-29(21-113-13-9-33(69)70)98-66(50(90)42(57)82)107-59-31(23-115-15-11-35(73)74)100-68(52(92)44(59)84)108-60-32(24-116-16-12-36(75)76)99-67(51(91)43(60)83)106-58-30(22-114-14-10-34(71)72)97-65(49(89)41(58)81)104-56-28(20-112-8-4)95-63(47(87)39(56)79)102-54-26(18-110-6-2)93-61(101-53)45(85)37(54)77;;;;;;;;/h25-32,37-68,77-92H,1-24H2,(H,69,70)(H,71,72)(H,73,74)(H,75,76);;;;;;;;/q-4;8*+1/p-4/t25?,26?,27?,28?,29?,30?,31?,32?,37-,38-,39-,40-,41?,42-,43-,44-,45?,46?,47?,48?,49+,50?,51?,52?,53-,54-,55-,56-,57-,58-,59-,60-,61+,62-,63-,64-,65-,66-,67-,68-;;;;;;;;/m1......../s1. The van der Waals surface area contributed by atoms with Gasteiger partial charge in [0.15, 0.2) is 50.3 Å². The zero-order valence-electron chi connectivity index (χ0n) is 70.3. The minimum atomic E-state index is -2.28. The number of carbonyl (C=O) groups is 4. The molecule has 0 spiro atoms. The van der Waals surface area contributed by atoms with Gasteiger partial charge in [-0.3, -0.25) is 0 Å². The Morgan fingerprint density at radius 1 is 0.202 bits per heavy atom. The number of carbonyl (C=O) groups excluding carboxylic acids is 4. The van der Waals surface area contributed by atoms with Crippen molar-refractivity contribution in [3.63, 3.8) is 0 Å². The van der Waals surface area contributed by atoms with E-state index in [4.69, 9.17) is 75.8 Å². The number of hydrogen-bond acceptors (Lipinski definition) is 48. The summed E-state index contributed by atoms with van der Waals surface area (Å²) in [7, 11) is 0. The second-order valence-electron chi connectivity index (χ2n) is 28.1. The largest absolute Gasteiger partial charge is 1.00 e. The first-order valence-corrected chi connectivity index (χ1v) is 46.5. The smallest absolute Gasteiger partial charge is 0.550 e. The van der Waals surface area contributed by atoms with E-state index in [1.807, 2.05) is 0 Å². The average Bonchev–Trinajstić information content (AvgIpc) is 0.769. The van der Waals surface area contributed by atoms with Gasteiger partial charge in [-0.15, -0.1) is 23.0 Å². The van der Waals surface area contributed by atoms with Gasteiger partial charge in [0.05, 0.1) is 48.8 Å². The third-order valence-corrected chi connectivity index (χ3v) is 27.7. The van der Waals surface area contributed by atoms with Crippen LogP contribution in [0.25, 0.3) is 0 Å². The summed E-state index contributed by atoms with van der Waals surface area (Å²) in [4.78, 5) is 46.5. The molecule has 16 N–H and O–H groups in total. The quantitative estimate of drug-likeness (QED) is 0.0169. The minimum absolute atomic E-state index is 0. The molecule has 30 aliphatic rings. The molecule has 56 heteroatoms. The molecule has 124 heavy (non-hydrogen) atoms. The molecule has 672 valence electrons. The molecule has 0 saturated carbocycles. The predicted octanol–water partition coefficient (Wildman–Crippen LogP) is -35.6. The molecule has 0 amide bonds. The number of rotatable bonds is 32. The summed E-state index contributed by atoms with van der Waals surface area (Å²) in [5, 5.41) is 240. The van der Waals surface area contributed by atoms with Gasteiger partial charge < -0.3 is 225 Å². The molecular weight excluding hydrogens is 1900 g/mol. The molecule has 0 aliphatic carbocycles. The first-order valence-electron chi connectivity index (χ1n) is 37.3. The zero-order valence-corrected chi connectivity index (χ0v) is 92.8. The second kappa shape index (κ2) is 64.9. The fourth-order valence-electron chi connectivity index (χ4n) is 14.0. The van der Waals surface area contributed by atoms with Crippen LogP contribution in [0.5, 0.6) is 0 Å².